The highest BCUT2D eigenvalue weighted by Gasteiger charge is 2.24. The van der Waals surface area contributed by atoms with Gasteiger partial charge in [-0.25, -0.2) is 23.2 Å². The lowest BCUT2D eigenvalue weighted by Crippen LogP contribution is -2.43. The van der Waals surface area contributed by atoms with Crippen molar-refractivity contribution in [3.63, 3.8) is 0 Å². The quantitative estimate of drug-likeness (QED) is 0.569. The van der Waals surface area contributed by atoms with Crippen LogP contribution in [0.1, 0.15) is 24.2 Å². The molecule has 0 bridgehead atoms. The Morgan fingerprint density at radius 2 is 1.82 bits per heavy atom. The molecule has 0 radical (unpaired) electrons. The zero-order valence-corrected chi connectivity index (χ0v) is 18.8. The van der Waals surface area contributed by atoms with Gasteiger partial charge in [-0.05, 0) is 48.5 Å². The van der Waals surface area contributed by atoms with E-state index >= 15 is 0 Å². The third-order valence-corrected chi connectivity index (χ3v) is 4.96. The smallest absolute Gasteiger partial charge is 0.372 e. The molecule has 0 saturated carbocycles. The van der Waals surface area contributed by atoms with Gasteiger partial charge < -0.3 is 19.5 Å². The average Bonchev–Trinajstić information content (AvgIpc) is 2.76. The lowest BCUT2D eigenvalue weighted by atomic mass is 10.0. The fraction of sp³-hybridized carbons (Fsp3) is 0.273. The first kappa shape index (κ1) is 25.8. The monoisotopic (exact) mass is 481 g/mol. The maximum absolute atomic E-state index is 14.1. The van der Waals surface area contributed by atoms with E-state index in [0.29, 0.717) is 17.8 Å². The van der Waals surface area contributed by atoms with Crippen molar-refractivity contribution in [2.45, 2.75) is 19.9 Å². The summed E-state index contributed by atoms with van der Waals surface area (Å²) in [6.07, 6.45) is 0. The highest BCUT2D eigenvalue weighted by molar-refractivity contribution is 8.13. The van der Waals surface area contributed by atoms with Gasteiger partial charge >= 0.3 is 17.2 Å². The predicted molar refractivity (Wildman–Crippen MR) is 116 cm³/mol. The Hall–Kier alpha value is -3.47. The van der Waals surface area contributed by atoms with Gasteiger partial charge in [-0.2, -0.15) is 0 Å². The van der Waals surface area contributed by atoms with Gasteiger partial charge in [-0.1, -0.05) is 6.07 Å². The number of carbonyl (C=O) groups is 4. The topological polar surface area (TPSA) is 108 Å². The Labute approximate surface area is 192 Å². The van der Waals surface area contributed by atoms with E-state index in [1.54, 1.807) is 6.92 Å². The van der Waals surface area contributed by atoms with Crippen molar-refractivity contribution in [3.8, 4) is 16.9 Å². The van der Waals surface area contributed by atoms with Gasteiger partial charge in [0.05, 0.1) is 13.7 Å². The minimum atomic E-state index is -1.08. The van der Waals surface area contributed by atoms with Gasteiger partial charge in [0.1, 0.15) is 29.0 Å². The molecule has 1 atom stereocenters. The van der Waals surface area contributed by atoms with Crippen LogP contribution in [-0.2, 0) is 19.1 Å². The Bertz CT molecular complexity index is 1060. The number of methoxy groups -OCH3 is 1. The van der Waals surface area contributed by atoms with Crippen LogP contribution < -0.4 is 10.1 Å². The van der Waals surface area contributed by atoms with E-state index in [0.717, 1.165) is 13.2 Å². The van der Waals surface area contributed by atoms with Crippen LogP contribution >= 0.6 is 11.8 Å². The Morgan fingerprint density at radius 3 is 2.42 bits per heavy atom. The molecule has 0 unspecified atom stereocenters. The predicted octanol–water partition coefficient (Wildman–Crippen LogP) is 3.72. The van der Waals surface area contributed by atoms with E-state index in [1.807, 2.05) is 0 Å². The molecule has 0 heterocycles. The molecule has 1 N–H and O–H groups in total. The normalized spacial score (nSPS) is 11.3. The second-order valence-electron chi connectivity index (χ2n) is 6.49. The van der Waals surface area contributed by atoms with Gasteiger partial charge in [0.25, 0.3) is 0 Å². The summed E-state index contributed by atoms with van der Waals surface area (Å²) in [5, 5.41) is 1.50. The van der Waals surface area contributed by atoms with Crippen molar-refractivity contribution < 1.29 is 42.2 Å². The van der Waals surface area contributed by atoms with Crippen molar-refractivity contribution in [2.24, 2.45) is 0 Å². The van der Waals surface area contributed by atoms with Gasteiger partial charge in [-0.15, -0.1) is 0 Å². The lowest BCUT2D eigenvalue weighted by Gasteiger charge is -2.16. The summed E-state index contributed by atoms with van der Waals surface area (Å²) in [7, 11) is 1.12. The summed E-state index contributed by atoms with van der Waals surface area (Å²) in [6, 6.07) is 5.79. The van der Waals surface area contributed by atoms with Crippen LogP contribution in [0.3, 0.4) is 0 Å². The molecule has 0 aromatic heterocycles. The first-order valence-corrected chi connectivity index (χ1v) is 10.6. The van der Waals surface area contributed by atoms with Crippen molar-refractivity contribution >= 4 is 34.9 Å². The molecule has 1 amide bonds. The number of thioether (sulfide) groups is 1. The standard InChI is InChI=1S/C22H21F2NO7S/c1-4-31-21(28)18(25-12(2)26)11-33-22(29)32-19-8-5-13(9-16(19)20(27)30-3)15-7-6-14(23)10-17(15)24/h5-10,18H,4,11H2,1-3H3,(H,25,26)/t18-/m0/s1. The number of amides is 1. The largest absolute Gasteiger partial charge is 0.465 e. The molecule has 0 spiro atoms. The molecule has 2 aromatic carbocycles. The number of carbonyl (C=O) groups excluding carboxylic acids is 4. The summed E-state index contributed by atoms with van der Waals surface area (Å²) < 4.78 is 42.1. The minimum Gasteiger partial charge on any atom is -0.465 e. The maximum Gasteiger partial charge on any atom is 0.372 e. The molecule has 176 valence electrons. The summed E-state index contributed by atoms with van der Waals surface area (Å²) in [4.78, 5) is 47.8. The molecule has 0 aliphatic heterocycles. The fourth-order valence-electron chi connectivity index (χ4n) is 2.71. The molecule has 0 fully saturated rings. The van der Waals surface area contributed by atoms with Crippen LogP contribution in [0.5, 0.6) is 5.75 Å². The maximum atomic E-state index is 14.1. The van der Waals surface area contributed by atoms with Crippen LogP contribution in [0, 0.1) is 11.6 Å². The van der Waals surface area contributed by atoms with E-state index in [-0.39, 0.29) is 34.8 Å². The number of esters is 2. The number of hydrogen-bond donors (Lipinski definition) is 1. The van der Waals surface area contributed by atoms with Crippen molar-refractivity contribution in [2.75, 3.05) is 19.5 Å². The highest BCUT2D eigenvalue weighted by Crippen LogP contribution is 2.30. The number of ether oxygens (including phenoxy) is 3. The second kappa shape index (κ2) is 12.0. The lowest BCUT2D eigenvalue weighted by molar-refractivity contribution is -0.146. The third-order valence-electron chi connectivity index (χ3n) is 4.14. The first-order valence-electron chi connectivity index (χ1n) is 9.62. The highest BCUT2D eigenvalue weighted by atomic mass is 32.2. The van der Waals surface area contributed by atoms with Gasteiger partial charge in [0, 0.05) is 24.3 Å². The summed E-state index contributed by atoms with van der Waals surface area (Å²) in [5.41, 5.74) is 0.0891. The molecule has 33 heavy (non-hydrogen) atoms. The summed E-state index contributed by atoms with van der Waals surface area (Å²) >= 11 is 0.578. The zero-order valence-electron chi connectivity index (χ0n) is 18.0. The van der Waals surface area contributed by atoms with Crippen molar-refractivity contribution in [1.29, 1.82) is 0 Å². The van der Waals surface area contributed by atoms with E-state index in [1.165, 1.54) is 31.2 Å². The average molecular weight is 481 g/mol. The molecule has 2 rings (SSSR count). The van der Waals surface area contributed by atoms with Gasteiger partial charge in [0.2, 0.25) is 5.91 Å². The number of benzene rings is 2. The fourth-order valence-corrected chi connectivity index (χ4v) is 3.38. The van der Waals surface area contributed by atoms with E-state index in [9.17, 15) is 28.0 Å². The van der Waals surface area contributed by atoms with E-state index < -0.39 is 40.8 Å². The number of halogens is 2. The van der Waals surface area contributed by atoms with E-state index in [4.69, 9.17) is 14.2 Å². The number of hydrogen-bond acceptors (Lipinski definition) is 8. The molecule has 0 aliphatic carbocycles. The molecule has 8 nitrogen and oxygen atoms in total. The second-order valence-corrected chi connectivity index (χ2v) is 7.45. The molecule has 11 heteroatoms. The Balaban J connectivity index is 2.21. The van der Waals surface area contributed by atoms with Gasteiger partial charge in [-0.3, -0.25) is 4.79 Å². The first-order chi connectivity index (χ1) is 15.7. The van der Waals surface area contributed by atoms with Crippen LogP contribution in [0.2, 0.25) is 0 Å². The molecule has 0 aliphatic rings. The Kier molecular flexibility index (Phi) is 9.34. The molecular weight excluding hydrogens is 460 g/mol. The van der Waals surface area contributed by atoms with Crippen LogP contribution in [0.25, 0.3) is 11.1 Å². The summed E-state index contributed by atoms with van der Waals surface area (Å²) in [5.74, 6) is -3.99. The molecular formula is C22H21F2NO7S. The summed E-state index contributed by atoms with van der Waals surface area (Å²) in [6.45, 7) is 2.90. The Morgan fingerprint density at radius 1 is 1.09 bits per heavy atom. The van der Waals surface area contributed by atoms with Crippen molar-refractivity contribution in [3.05, 3.63) is 53.6 Å². The van der Waals surface area contributed by atoms with E-state index in [2.05, 4.69) is 5.32 Å². The van der Waals surface area contributed by atoms with Gasteiger partial charge in [0.15, 0.2) is 0 Å². The van der Waals surface area contributed by atoms with Crippen LogP contribution in [0.15, 0.2) is 36.4 Å². The van der Waals surface area contributed by atoms with Crippen LogP contribution in [0.4, 0.5) is 13.6 Å². The number of nitrogens with one attached hydrogen (secondary N) is 1. The van der Waals surface area contributed by atoms with Crippen molar-refractivity contribution in [1.82, 2.24) is 5.32 Å². The number of rotatable bonds is 8. The SMILES string of the molecule is CCOC(=O)[C@H](CSC(=O)Oc1ccc(-c2ccc(F)cc2F)cc1C(=O)OC)NC(C)=O. The zero-order chi connectivity index (χ0) is 24.5. The molecule has 0 saturated heterocycles. The van der Waals surface area contributed by atoms with Crippen LogP contribution in [-0.4, -0.2) is 48.7 Å². The molecule has 2 aromatic rings. The third kappa shape index (κ3) is 7.28. The minimum absolute atomic E-state index is 0.0291.